The monoisotopic (exact) mass is 482 g/mol. The molecule has 0 radical (unpaired) electrons. The molecule has 2 nitrogen and oxygen atoms in total. The normalized spacial score (nSPS) is 12.8. The molecule has 0 saturated heterocycles. The van der Waals surface area contributed by atoms with Crippen LogP contribution in [0.25, 0.3) is 0 Å². The number of benzene rings is 3. The van der Waals surface area contributed by atoms with Gasteiger partial charge in [0.25, 0.3) is 0 Å². The summed E-state index contributed by atoms with van der Waals surface area (Å²) in [5.41, 5.74) is -0.657. The third kappa shape index (κ3) is 6.41. The summed E-state index contributed by atoms with van der Waals surface area (Å²) in [4.78, 5) is 0. The lowest BCUT2D eigenvalue weighted by molar-refractivity contribution is -0.274. The van der Waals surface area contributed by atoms with Crippen LogP contribution in [0.1, 0.15) is 5.56 Å². The van der Waals surface area contributed by atoms with E-state index in [1.165, 1.54) is 37.4 Å². The van der Waals surface area contributed by atoms with Gasteiger partial charge in [0.1, 0.15) is 22.8 Å². The molecule has 0 amide bonds. The Kier molecular flexibility index (Phi) is 7.21. The summed E-state index contributed by atoms with van der Waals surface area (Å²) in [5.74, 6) is -1.85. The van der Waals surface area contributed by atoms with Crippen molar-refractivity contribution in [3.05, 3.63) is 95.5 Å². The number of halogens is 6. The van der Waals surface area contributed by atoms with Crippen LogP contribution in [-0.4, -0.2) is 14.4 Å². The van der Waals surface area contributed by atoms with Gasteiger partial charge in [0, 0.05) is 6.42 Å². The number of alkyl halides is 3. The predicted octanol–water partition coefficient (Wildman–Crippen LogP) is 7.36. The Balaban J connectivity index is 1.80. The zero-order chi connectivity index (χ0) is 24.2. The predicted molar refractivity (Wildman–Crippen MR) is 116 cm³/mol. The standard InChI is InChI=1S/C24H20F6O2Si/c1-33(2,19-11-9-18(10-12-19)32-24(28,29)30)23(27)21(26)14-16-8-13-20(25)22(15-16)31-17-6-4-3-5-7-17/h3-13,15H,14H2,1-2H3/b23-21-. The van der Waals surface area contributed by atoms with E-state index in [0.29, 0.717) is 16.5 Å². The molecule has 0 atom stereocenters. The Morgan fingerprint density at radius 3 is 2.09 bits per heavy atom. The van der Waals surface area contributed by atoms with Gasteiger partial charge >= 0.3 is 6.36 Å². The van der Waals surface area contributed by atoms with Crippen LogP contribution >= 0.6 is 0 Å². The van der Waals surface area contributed by atoms with Gasteiger partial charge in [-0.25, -0.2) is 13.2 Å². The fourth-order valence-corrected chi connectivity index (χ4v) is 5.17. The minimum absolute atomic E-state index is 0.122. The van der Waals surface area contributed by atoms with E-state index in [-0.39, 0.29) is 5.75 Å². The number of hydrogen-bond acceptors (Lipinski definition) is 2. The number of allylic oxidation sites excluding steroid dienone is 1. The summed E-state index contributed by atoms with van der Waals surface area (Å²) in [6.45, 7) is 3.08. The zero-order valence-corrected chi connectivity index (χ0v) is 18.7. The molecule has 3 rings (SSSR count). The van der Waals surface area contributed by atoms with Gasteiger partial charge in [-0.3, -0.25) is 0 Å². The van der Waals surface area contributed by atoms with E-state index in [1.807, 2.05) is 0 Å². The SMILES string of the molecule is C[Si](C)(/C(F)=C(\F)Cc1ccc(F)c(Oc2ccccc2)c1)c1ccc(OC(F)(F)F)cc1. The van der Waals surface area contributed by atoms with Crippen LogP contribution in [-0.2, 0) is 6.42 Å². The topological polar surface area (TPSA) is 18.5 Å². The van der Waals surface area contributed by atoms with Crippen molar-refractivity contribution in [1.82, 2.24) is 0 Å². The second-order valence-corrected chi connectivity index (χ2v) is 12.0. The first-order valence-corrected chi connectivity index (χ1v) is 12.9. The molecule has 0 heterocycles. The molecule has 3 aromatic rings. The van der Waals surface area contributed by atoms with E-state index in [1.54, 1.807) is 30.3 Å². The van der Waals surface area contributed by atoms with Crippen molar-refractivity contribution in [2.45, 2.75) is 25.9 Å². The van der Waals surface area contributed by atoms with Crippen molar-refractivity contribution in [2.75, 3.05) is 0 Å². The second-order valence-electron chi connectivity index (χ2n) is 7.77. The average molecular weight is 482 g/mol. The molecule has 0 aromatic heterocycles. The molecule has 33 heavy (non-hydrogen) atoms. The molecule has 0 saturated carbocycles. The van der Waals surface area contributed by atoms with Crippen molar-refractivity contribution in [3.8, 4) is 17.2 Å². The van der Waals surface area contributed by atoms with Gasteiger partial charge in [0.15, 0.2) is 19.6 Å². The van der Waals surface area contributed by atoms with E-state index in [9.17, 15) is 22.0 Å². The van der Waals surface area contributed by atoms with E-state index in [2.05, 4.69) is 4.74 Å². The fourth-order valence-electron chi connectivity index (χ4n) is 3.15. The number of hydrogen-bond donors (Lipinski definition) is 0. The maximum Gasteiger partial charge on any atom is 0.573 e. The molecule has 0 unspecified atom stereocenters. The van der Waals surface area contributed by atoms with Crippen molar-refractivity contribution >= 4 is 13.3 Å². The smallest absolute Gasteiger partial charge is 0.454 e. The Morgan fingerprint density at radius 1 is 0.848 bits per heavy atom. The van der Waals surface area contributed by atoms with Crippen LogP contribution in [0.3, 0.4) is 0 Å². The highest BCUT2D eigenvalue weighted by molar-refractivity contribution is 6.95. The largest absolute Gasteiger partial charge is 0.573 e. The van der Waals surface area contributed by atoms with Gasteiger partial charge in [-0.15, -0.1) is 13.2 Å². The first kappa shape index (κ1) is 24.4. The molecule has 3 aromatic carbocycles. The van der Waals surface area contributed by atoms with E-state index < -0.39 is 43.7 Å². The lowest BCUT2D eigenvalue weighted by Crippen LogP contribution is -2.43. The van der Waals surface area contributed by atoms with Crippen LogP contribution in [0.2, 0.25) is 13.1 Å². The van der Waals surface area contributed by atoms with Crippen LogP contribution in [0.15, 0.2) is 84.1 Å². The zero-order valence-electron chi connectivity index (χ0n) is 17.7. The van der Waals surface area contributed by atoms with Gasteiger partial charge < -0.3 is 9.47 Å². The average Bonchev–Trinajstić information content (AvgIpc) is 2.75. The summed E-state index contributed by atoms with van der Waals surface area (Å²) in [7, 11) is -3.17. The summed E-state index contributed by atoms with van der Waals surface area (Å²) >= 11 is 0. The Hall–Kier alpha value is -3.20. The highest BCUT2D eigenvalue weighted by Crippen LogP contribution is 2.29. The highest BCUT2D eigenvalue weighted by atomic mass is 28.3. The second kappa shape index (κ2) is 9.74. The lowest BCUT2D eigenvalue weighted by atomic mass is 10.1. The van der Waals surface area contributed by atoms with Crippen molar-refractivity contribution in [2.24, 2.45) is 0 Å². The summed E-state index contributed by atoms with van der Waals surface area (Å²) in [6, 6.07) is 16.9. The molecule has 0 aliphatic carbocycles. The lowest BCUT2D eigenvalue weighted by Gasteiger charge is -2.22. The van der Waals surface area contributed by atoms with E-state index in [4.69, 9.17) is 4.74 Å². The minimum atomic E-state index is -4.84. The molecule has 0 spiro atoms. The maximum atomic E-state index is 15.1. The van der Waals surface area contributed by atoms with E-state index >= 15 is 4.39 Å². The molecule has 9 heteroatoms. The summed E-state index contributed by atoms with van der Waals surface area (Å²) in [5, 5.41) is 0.386. The van der Waals surface area contributed by atoms with Crippen LogP contribution in [0, 0.1) is 5.82 Å². The summed E-state index contributed by atoms with van der Waals surface area (Å²) < 4.78 is 90.4. The van der Waals surface area contributed by atoms with Crippen LogP contribution < -0.4 is 14.7 Å². The van der Waals surface area contributed by atoms with Crippen LogP contribution in [0.5, 0.6) is 17.2 Å². The Bertz CT molecular complexity index is 1130. The number of ether oxygens (including phenoxy) is 2. The Labute approximate surface area is 188 Å². The van der Waals surface area contributed by atoms with Gasteiger partial charge in [-0.1, -0.05) is 54.7 Å². The van der Waals surface area contributed by atoms with Gasteiger partial charge in [-0.2, -0.15) is 0 Å². The molecule has 0 aliphatic heterocycles. The molecule has 0 bridgehead atoms. The third-order valence-electron chi connectivity index (χ3n) is 4.92. The highest BCUT2D eigenvalue weighted by Gasteiger charge is 2.34. The van der Waals surface area contributed by atoms with Crippen molar-refractivity contribution in [3.63, 3.8) is 0 Å². The summed E-state index contributed by atoms with van der Waals surface area (Å²) in [6.07, 6.45) is -5.27. The number of para-hydroxylation sites is 1. The minimum Gasteiger partial charge on any atom is -0.454 e. The first-order valence-electron chi connectivity index (χ1n) is 9.88. The fraction of sp³-hybridized carbons (Fsp3) is 0.167. The molecule has 0 N–H and O–H groups in total. The molecule has 0 fully saturated rings. The molecular formula is C24H20F6O2Si. The van der Waals surface area contributed by atoms with Crippen molar-refractivity contribution in [1.29, 1.82) is 0 Å². The Morgan fingerprint density at radius 2 is 1.48 bits per heavy atom. The number of rotatable bonds is 7. The molecule has 0 aliphatic rings. The van der Waals surface area contributed by atoms with Crippen molar-refractivity contribution < 1.29 is 35.8 Å². The maximum absolute atomic E-state index is 15.1. The first-order chi connectivity index (χ1) is 15.5. The van der Waals surface area contributed by atoms with Crippen LogP contribution in [0.4, 0.5) is 26.3 Å². The van der Waals surface area contributed by atoms with Gasteiger partial charge in [-0.05, 0) is 42.0 Å². The molecular weight excluding hydrogens is 462 g/mol. The quantitative estimate of drug-likeness (QED) is 0.259. The molecule has 174 valence electrons. The third-order valence-corrected chi connectivity index (χ3v) is 8.07. The van der Waals surface area contributed by atoms with Gasteiger partial charge in [0.05, 0.1) is 0 Å². The van der Waals surface area contributed by atoms with E-state index in [0.717, 1.165) is 18.2 Å². The van der Waals surface area contributed by atoms with Gasteiger partial charge in [0.2, 0.25) is 0 Å².